The predicted molar refractivity (Wildman–Crippen MR) is 89.3 cm³/mol. The van der Waals surface area contributed by atoms with E-state index in [-0.39, 0.29) is 15.5 Å². The van der Waals surface area contributed by atoms with Gasteiger partial charge in [0.25, 0.3) is 0 Å². The number of nitrogen functional groups attached to an aromatic ring is 1. The maximum Gasteiger partial charge on any atom is 0.210 e. The maximum atomic E-state index is 12.8. The zero-order chi connectivity index (χ0) is 16.3. The fourth-order valence-electron chi connectivity index (χ4n) is 2.18. The number of para-hydroxylation sites is 3. The number of sulfone groups is 1. The standard InChI is InChI=1S/C18H15NO3S/c19-15-10-4-5-11-16(15)22-17-12-6-7-13-18(17)23(20,21)14-8-2-1-3-9-14/h1-13H,19H2. The molecule has 0 spiro atoms. The van der Waals surface area contributed by atoms with Crippen molar-refractivity contribution in [1.29, 1.82) is 0 Å². The minimum atomic E-state index is -3.67. The first kappa shape index (κ1) is 15.1. The van der Waals surface area contributed by atoms with E-state index >= 15 is 0 Å². The van der Waals surface area contributed by atoms with Gasteiger partial charge in [0.1, 0.15) is 16.4 Å². The lowest BCUT2D eigenvalue weighted by atomic mass is 10.3. The van der Waals surface area contributed by atoms with Crippen molar-refractivity contribution in [3.8, 4) is 11.5 Å². The molecule has 0 aliphatic carbocycles. The molecule has 3 rings (SSSR count). The lowest BCUT2D eigenvalue weighted by molar-refractivity contribution is 0.469. The Labute approximate surface area is 135 Å². The molecule has 3 aromatic carbocycles. The molecule has 0 unspecified atom stereocenters. The van der Waals surface area contributed by atoms with Crippen molar-refractivity contribution in [2.75, 3.05) is 5.73 Å². The van der Waals surface area contributed by atoms with E-state index in [1.807, 2.05) is 0 Å². The molecule has 0 radical (unpaired) electrons. The first-order valence-electron chi connectivity index (χ1n) is 7.00. The third-order valence-electron chi connectivity index (χ3n) is 3.33. The van der Waals surface area contributed by atoms with Gasteiger partial charge < -0.3 is 10.5 Å². The van der Waals surface area contributed by atoms with E-state index in [0.717, 1.165) is 0 Å². The topological polar surface area (TPSA) is 69.4 Å². The van der Waals surface area contributed by atoms with Crippen molar-refractivity contribution in [2.24, 2.45) is 0 Å². The number of benzene rings is 3. The third kappa shape index (κ3) is 3.05. The first-order valence-corrected chi connectivity index (χ1v) is 8.49. The van der Waals surface area contributed by atoms with E-state index in [1.54, 1.807) is 72.8 Å². The monoisotopic (exact) mass is 325 g/mol. The molecule has 0 atom stereocenters. The Morgan fingerprint density at radius 1 is 0.696 bits per heavy atom. The smallest absolute Gasteiger partial charge is 0.210 e. The van der Waals surface area contributed by atoms with Gasteiger partial charge in [-0.2, -0.15) is 0 Å². The molecule has 0 aliphatic rings. The van der Waals surface area contributed by atoms with Crippen LogP contribution in [0.5, 0.6) is 11.5 Å². The molecule has 0 aliphatic heterocycles. The number of rotatable bonds is 4. The van der Waals surface area contributed by atoms with Crippen LogP contribution >= 0.6 is 0 Å². The fraction of sp³-hybridized carbons (Fsp3) is 0. The SMILES string of the molecule is Nc1ccccc1Oc1ccccc1S(=O)(=O)c1ccccc1. The summed E-state index contributed by atoms with van der Waals surface area (Å²) in [6.45, 7) is 0. The quantitative estimate of drug-likeness (QED) is 0.739. The Balaban J connectivity index is 2.07. The number of ether oxygens (including phenoxy) is 1. The van der Waals surface area contributed by atoms with Crippen LogP contribution in [-0.2, 0) is 9.84 Å². The van der Waals surface area contributed by atoms with E-state index in [4.69, 9.17) is 10.5 Å². The maximum absolute atomic E-state index is 12.8. The van der Waals surface area contributed by atoms with Crippen molar-refractivity contribution in [2.45, 2.75) is 9.79 Å². The van der Waals surface area contributed by atoms with Gasteiger partial charge in [-0.15, -0.1) is 0 Å². The Kier molecular flexibility index (Phi) is 4.04. The average Bonchev–Trinajstić information content (AvgIpc) is 2.58. The van der Waals surface area contributed by atoms with Crippen molar-refractivity contribution in [3.05, 3.63) is 78.9 Å². The molecule has 0 saturated heterocycles. The second-order valence-electron chi connectivity index (χ2n) is 4.90. The number of anilines is 1. The normalized spacial score (nSPS) is 11.1. The lowest BCUT2D eigenvalue weighted by Crippen LogP contribution is -2.04. The summed E-state index contributed by atoms with van der Waals surface area (Å²) in [5, 5.41) is 0. The lowest BCUT2D eigenvalue weighted by Gasteiger charge is -2.13. The minimum absolute atomic E-state index is 0.106. The highest BCUT2D eigenvalue weighted by atomic mass is 32.2. The molecule has 0 amide bonds. The highest BCUT2D eigenvalue weighted by molar-refractivity contribution is 7.91. The summed E-state index contributed by atoms with van der Waals surface area (Å²) in [5.74, 6) is 0.664. The van der Waals surface area contributed by atoms with Crippen LogP contribution in [0.3, 0.4) is 0 Å². The van der Waals surface area contributed by atoms with E-state index in [2.05, 4.69) is 0 Å². The van der Waals surface area contributed by atoms with Crippen LogP contribution < -0.4 is 10.5 Å². The molecule has 4 nitrogen and oxygen atoms in total. The van der Waals surface area contributed by atoms with Crippen molar-refractivity contribution >= 4 is 15.5 Å². The zero-order valence-electron chi connectivity index (χ0n) is 12.2. The third-order valence-corrected chi connectivity index (χ3v) is 5.14. The summed E-state index contributed by atoms with van der Waals surface area (Å²) in [6.07, 6.45) is 0. The largest absolute Gasteiger partial charge is 0.454 e. The van der Waals surface area contributed by atoms with Crippen LogP contribution in [-0.4, -0.2) is 8.42 Å². The van der Waals surface area contributed by atoms with Crippen molar-refractivity contribution in [3.63, 3.8) is 0 Å². The fourth-order valence-corrected chi connectivity index (χ4v) is 3.58. The van der Waals surface area contributed by atoms with Crippen molar-refractivity contribution < 1.29 is 13.2 Å². The zero-order valence-corrected chi connectivity index (χ0v) is 13.0. The Hall–Kier alpha value is -2.79. The highest BCUT2D eigenvalue weighted by Crippen LogP contribution is 2.34. The minimum Gasteiger partial charge on any atom is -0.454 e. The Morgan fingerprint density at radius 2 is 1.26 bits per heavy atom. The van der Waals surface area contributed by atoms with Crippen LogP contribution in [0.25, 0.3) is 0 Å². The van der Waals surface area contributed by atoms with Gasteiger partial charge in [0.05, 0.1) is 10.6 Å². The summed E-state index contributed by atoms with van der Waals surface area (Å²) in [7, 11) is -3.67. The van der Waals surface area contributed by atoms with Gasteiger partial charge in [-0.3, -0.25) is 0 Å². The van der Waals surface area contributed by atoms with Gasteiger partial charge in [0, 0.05) is 0 Å². The first-order chi connectivity index (χ1) is 11.1. The second-order valence-corrected chi connectivity index (χ2v) is 6.82. The summed E-state index contributed by atoms with van der Waals surface area (Å²) >= 11 is 0. The Morgan fingerprint density at radius 3 is 1.96 bits per heavy atom. The summed E-state index contributed by atoms with van der Waals surface area (Å²) in [6, 6.07) is 21.7. The predicted octanol–water partition coefficient (Wildman–Crippen LogP) is 3.89. The molecule has 116 valence electrons. The summed E-state index contributed by atoms with van der Waals surface area (Å²) < 4.78 is 31.4. The van der Waals surface area contributed by atoms with E-state index in [0.29, 0.717) is 11.4 Å². The van der Waals surface area contributed by atoms with Crippen molar-refractivity contribution in [1.82, 2.24) is 0 Å². The number of hydrogen-bond acceptors (Lipinski definition) is 4. The van der Waals surface area contributed by atoms with Crippen LogP contribution in [0.1, 0.15) is 0 Å². The van der Waals surface area contributed by atoms with Gasteiger partial charge >= 0.3 is 0 Å². The van der Waals surface area contributed by atoms with Gasteiger partial charge in [-0.05, 0) is 36.4 Å². The van der Waals surface area contributed by atoms with Crippen LogP contribution in [0.4, 0.5) is 5.69 Å². The number of nitrogens with two attached hydrogens (primary N) is 1. The molecule has 0 heterocycles. The van der Waals surface area contributed by atoms with Crippen LogP contribution in [0, 0.1) is 0 Å². The molecular formula is C18H15NO3S. The molecule has 5 heteroatoms. The summed E-state index contributed by atoms with van der Waals surface area (Å²) in [4.78, 5) is 0.325. The molecule has 0 fully saturated rings. The second kappa shape index (κ2) is 6.14. The summed E-state index contributed by atoms with van der Waals surface area (Å²) in [5.41, 5.74) is 6.31. The van der Waals surface area contributed by atoms with Gasteiger partial charge in [-0.1, -0.05) is 42.5 Å². The van der Waals surface area contributed by atoms with Gasteiger partial charge in [0.15, 0.2) is 0 Å². The molecule has 3 aromatic rings. The number of hydrogen-bond donors (Lipinski definition) is 1. The molecule has 2 N–H and O–H groups in total. The van der Waals surface area contributed by atoms with E-state index in [1.165, 1.54) is 6.07 Å². The van der Waals surface area contributed by atoms with Crippen LogP contribution in [0.2, 0.25) is 0 Å². The van der Waals surface area contributed by atoms with Crippen LogP contribution in [0.15, 0.2) is 88.7 Å². The highest BCUT2D eigenvalue weighted by Gasteiger charge is 2.22. The average molecular weight is 325 g/mol. The van der Waals surface area contributed by atoms with Gasteiger partial charge in [-0.25, -0.2) is 8.42 Å². The molecule has 23 heavy (non-hydrogen) atoms. The molecular weight excluding hydrogens is 310 g/mol. The molecule has 0 aromatic heterocycles. The van der Waals surface area contributed by atoms with E-state index in [9.17, 15) is 8.42 Å². The van der Waals surface area contributed by atoms with E-state index < -0.39 is 9.84 Å². The van der Waals surface area contributed by atoms with Gasteiger partial charge in [0.2, 0.25) is 9.84 Å². The Bertz CT molecular complexity index is 922. The molecule has 0 saturated carbocycles. The molecule has 0 bridgehead atoms.